The van der Waals surface area contributed by atoms with Gasteiger partial charge in [-0.05, 0) is 42.2 Å². The summed E-state index contributed by atoms with van der Waals surface area (Å²) >= 11 is 0. The fourth-order valence-corrected chi connectivity index (χ4v) is 3.86. The van der Waals surface area contributed by atoms with Crippen molar-refractivity contribution in [2.24, 2.45) is 16.6 Å². The summed E-state index contributed by atoms with van der Waals surface area (Å²) in [6.07, 6.45) is 0.955. The molecule has 3 aromatic rings. The molecule has 0 saturated heterocycles. The molecule has 1 aromatic heterocycles. The molecule has 0 bridgehead atoms. The zero-order valence-electron chi connectivity index (χ0n) is 16.1. The van der Waals surface area contributed by atoms with Crippen LogP contribution in [0.5, 0.6) is 11.5 Å². The predicted molar refractivity (Wildman–Crippen MR) is 113 cm³/mol. The Kier molecular flexibility index (Phi) is 4.12. The Bertz CT molecular complexity index is 1130. The van der Waals surface area contributed by atoms with Crippen LogP contribution in [0, 0.1) is 5.92 Å². The van der Waals surface area contributed by atoms with Gasteiger partial charge in [0.15, 0.2) is 5.82 Å². The Labute approximate surface area is 168 Å². The Morgan fingerprint density at radius 3 is 3.03 bits per heavy atom. The van der Waals surface area contributed by atoms with E-state index in [0.29, 0.717) is 35.4 Å². The summed E-state index contributed by atoms with van der Waals surface area (Å²) in [5.74, 6) is 3.20. The number of nitrogens with two attached hydrogens (primary N) is 2. The van der Waals surface area contributed by atoms with Crippen LogP contribution in [0.3, 0.4) is 0 Å². The maximum Gasteiger partial charge on any atom is 0.222 e. The molecular weight excluding hydrogens is 368 g/mol. The minimum Gasteiger partial charge on any atom is -0.494 e. The molecular formula is C21H22N6O2. The van der Waals surface area contributed by atoms with Crippen LogP contribution < -0.4 is 26.3 Å². The second-order valence-corrected chi connectivity index (χ2v) is 7.28. The molecule has 5 N–H and O–H groups in total. The van der Waals surface area contributed by atoms with Crippen molar-refractivity contribution in [2.45, 2.75) is 12.3 Å². The van der Waals surface area contributed by atoms with Gasteiger partial charge in [-0.25, -0.2) is 9.98 Å². The van der Waals surface area contributed by atoms with E-state index in [4.69, 9.17) is 20.9 Å². The van der Waals surface area contributed by atoms with E-state index in [-0.39, 0.29) is 11.9 Å². The highest BCUT2D eigenvalue weighted by atomic mass is 16.5. The first kappa shape index (κ1) is 17.5. The molecule has 29 heavy (non-hydrogen) atoms. The van der Waals surface area contributed by atoms with Crippen LogP contribution >= 0.6 is 0 Å². The smallest absolute Gasteiger partial charge is 0.222 e. The maximum atomic E-state index is 6.37. The first-order valence-corrected chi connectivity index (χ1v) is 9.59. The third kappa shape index (κ3) is 3.16. The number of nitrogen functional groups attached to an aromatic ring is 1. The zero-order valence-corrected chi connectivity index (χ0v) is 16.1. The summed E-state index contributed by atoms with van der Waals surface area (Å²) in [4.78, 5) is 13.2. The lowest BCUT2D eigenvalue weighted by Gasteiger charge is -2.19. The van der Waals surface area contributed by atoms with Gasteiger partial charge < -0.3 is 26.3 Å². The van der Waals surface area contributed by atoms with Gasteiger partial charge in [-0.1, -0.05) is 12.1 Å². The van der Waals surface area contributed by atoms with Gasteiger partial charge in [-0.3, -0.25) is 0 Å². The SMILES string of the molecule is COc1cccc2c(N=C(N)C3CC3c3ccc4c(c3)NCCO4)nc(N)nc12. The number of aliphatic imine (C=N–C) groups is 1. The van der Waals surface area contributed by atoms with E-state index >= 15 is 0 Å². The van der Waals surface area contributed by atoms with Crippen LogP contribution in [0.2, 0.25) is 0 Å². The van der Waals surface area contributed by atoms with Crippen molar-refractivity contribution >= 4 is 34.2 Å². The van der Waals surface area contributed by atoms with Crippen LogP contribution in [0.25, 0.3) is 10.9 Å². The molecule has 1 saturated carbocycles. The van der Waals surface area contributed by atoms with Gasteiger partial charge in [-0.2, -0.15) is 4.98 Å². The summed E-state index contributed by atoms with van der Waals surface area (Å²) in [5, 5.41) is 4.14. The Hall–Kier alpha value is -3.55. The van der Waals surface area contributed by atoms with Crippen LogP contribution in [-0.4, -0.2) is 36.1 Å². The van der Waals surface area contributed by atoms with E-state index in [9.17, 15) is 0 Å². The van der Waals surface area contributed by atoms with E-state index in [1.807, 2.05) is 24.3 Å². The van der Waals surface area contributed by atoms with Crippen LogP contribution in [0.1, 0.15) is 17.9 Å². The molecule has 0 amide bonds. The number of methoxy groups -OCH3 is 1. The van der Waals surface area contributed by atoms with Crippen LogP contribution in [0.15, 0.2) is 41.4 Å². The Morgan fingerprint density at radius 2 is 2.17 bits per heavy atom. The molecule has 2 heterocycles. The lowest BCUT2D eigenvalue weighted by molar-refractivity contribution is 0.323. The molecule has 1 fully saturated rings. The minimum absolute atomic E-state index is 0.140. The molecule has 8 heteroatoms. The summed E-state index contributed by atoms with van der Waals surface area (Å²) in [6.45, 7) is 1.51. The number of benzene rings is 2. The molecule has 0 spiro atoms. The molecule has 2 unspecified atom stereocenters. The van der Waals surface area contributed by atoms with Crippen LogP contribution in [-0.2, 0) is 0 Å². The number of hydrogen-bond acceptors (Lipinski definition) is 7. The molecule has 2 aromatic carbocycles. The fourth-order valence-electron chi connectivity index (χ4n) is 3.86. The highest BCUT2D eigenvalue weighted by Crippen LogP contribution is 2.49. The van der Waals surface area contributed by atoms with Gasteiger partial charge in [0, 0.05) is 17.8 Å². The fraction of sp³-hybridized carbons (Fsp3) is 0.286. The minimum atomic E-state index is 0.140. The van der Waals surface area contributed by atoms with Gasteiger partial charge in [0.05, 0.1) is 12.8 Å². The number of nitrogens with one attached hydrogen (secondary N) is 1. The standard InChI is InChI=1S/C21H22N6O2/c1-28-17-4-2-3-12-18(17)25-21(23)27-20(12)26-19(22)14-10-13(14)11-5-6-16-15(9-11)24-7-8-29-16/h2-6,9,13-14,24H,7-8,10H2,1H3,(H4,22,23,25,26,27). The average Bonchev–Trinajstić information content (AvgIpc) is 3.54. The second kappa shape index (κ2) is 6.80. The zero-order chi connectivity index (χ0) is 20.0. The third-order valence-electron chi connectivity index (χ3n) is 5.42. The molecule has 2 aliphatic rings. The quantitative estimate of drug-likeness (QED) is 0.463. The summed E-state index contributed by atoms with van der Waals surface area (Å²) in [5.41, 5.74) is 15.2. The Morgan fingerprint density at radius 1 is 1.28 bits per heavy atom. The van der Waals surface area contributed by atoms with Crippen molar-refractivity contribution in [3.05, 3.63) is 42.0 Å². The summed E-state index contributed by atoms with van der Waals surface area (Å²) < 4.78 is 11.0. The van der Waals surface area contributed by atoms with E-state index in [1.165, 1.54) is 5.56 Å². The van der Waals surface area contributed by atoms with Gasteiger partial charge >= 0.3 is 0 Å². The number of nitrogens with zero attached hydrogens (tertiary/aromatic N) is 3. The van der Waals surface area contributed by atoms with Crippen molar-refractivity contribution in [3.63, 3.8) is 0 Å². The molecule has 1 aliphatic heterocycles. The second-order valence-electron chi connectivity index (χ2n) is 7.28. The molecule has 1 aliphatic carbocycles. The number of hydrogen-bond donors (Lipinski definition) is 3. The number of amidine groups is 1. The van der Waals surface area contributed by atoms with E-state index in [1.54, 1.807) is 7.11 Å². The van der Waals surface area contributed by atoms with Gasteiger partial charge in [0.25, 0.3) is 0 Å². The average molecular weight is 390 g/mol. The van der Waals surface area contributed by atoms with Crippen molar-refractivity contribution < 1.29 is 9.47 Å². The molecule has 5 rings (SSSR count). The van der Waals surface area contributed by atoms with Crippen molar-refractivity contribution in [2.75, 3.05) is 31.3 Å². The first-order valence-electron chi connectivity index (χ1n) is 9.59. The van der Waals surface area contributed by atoms with Crippen molar-refractivity contribution in [3.8, 4) is 11.5 Å². The number of aromatic nitrogens is 2. The summed E-state index contributed by atoms with van der Waals surface area (Å²) in [7, 11) is 1.59. The lowest BCUT2D eigenvalue weighted by atomic mass is 10.1. The van der Waals surface area contributed by atoms with Gasteiger partial charge in [0.1, 0.15) is 29.5 Å². The number of para-hydroxylation sites is 1. The molecule has 0 radical (unpaired) electrons. The Balaban J connectivity index is 1.44. The number of anilines is 2. The highest BCUT2D eigenvalue weighted by molar-refractivity contribution is 5.97. The summed E-state index contributed by atoms with van der Waals surface area (Å²) in [6, 6.07) is 11.9. The topological polar surface area (TPSA) is 121 Å². The molecule has 2 atom stereocenters. The van der Waals surface area contributed by atoms with E-state index in [0.717, 1.165) is 29.8 Å². The van der Waals surface area contributed by atoms with Crippen molar-refractivity contribution in [1.29, 1.82) is 0 Å². The molecule has 8 nitrogen and oxygen atoms in total. The maximum absolute atomic E-state index is 6.37. The van der Waals surface area contributed by atoms with Crippen LogP contribution in [0.4, 0.5) is 17.5 Å². The number of fused-ring (bicyclic) bond motifs is 2. The third-order valence-corrected chi connectivity index (χ3v) is 5.42. The van der Waals surface area contributed by atoms with Crippen molar-refractivity contribution in [1.82, 2.24) is 9.97 Å². The number of rotatable bonds is 4. The monoisotopic (exact) mass is 390 g/mol. The lowest BCUT2D eigenvalue weighted by Crippen LogP contribution is -2.18. The normalized spacial score (nSPS) is 20.5. The largest absolute Gasteiger partial charge is 0.494 e. The molecule has 148 valence electrons. The van der Waals surface area contributed by atoms with E-state index < -0.39 is 0 Å². The predicted octanol–water partition coefficient (Wildman–Crippen LogP) is 2.82. The number of ether oxygens (including phenoxy) is 2. The van der Waals surface area contributed by atoms with Gasteiger partial charge in [0.2, 0.25) is 5.95 Å². The van der Waals surface area contributed by atoms with E-state index in [2.05, 4.69) is 32.4 Å². The first-order chi connectivity index (χ1) is 14.1. The van der Waals surface area contributed by atoms with Gasteiger partial charge in [-0.15, -0.1) is 0 Å². The highest BCUT2D eigenvalue weighted by Gasteiger charge is 2.41.